The van der Waals surface area contributed by atoms with Crippen LogP contribution in [-0.4, -0.2) is 31.3 Å². The van der Waals surface area contributed by atoms with Gasteiger partial charge in [0.15, 0.2) is 0 Å². The molecule has 0 bridgehead atoms. The van der Waals surface area contributed by atoms with Crippen molar-refractivity contribution in [2.75, 3.05) is 20.2 Å². The molecule has 0 aliphatic carbocycles. The highest BCUT2D eigenvalue weighted by Crippen LogP contribution is 2.25. The van der Waals surface area contributed by atoms with Crippen LogP contribution in [0.5, 0.6) is 5.88 Å². The first-order valence-corrected chi connectivity index (χ1v) is 7.27. The van der Waals surface area contributed by atoms with Gasteiger partial charge in [0.1, 0.15) is 0 Å². The molecule has 21 heavy (non-hydrogen) atoms. The summed E-state index contributed by atoms with van der Waals surface area (Å²) in [6, 6.07) is 12.2. The third-order valence-electron chi connectivity index (χ3n) is 3.76. The van der Waals surface area contributed by atoms with E-state index in [9.17, 15) is 0 Å². The second-order valence-corrected chi connectivity index (χ2v) is 5.17. The van der Waals surface area contributed by atoms with E-state index in [2.05, 4.69) is 22.4 Å². The Hall–Kier alpha value is -1.91. The molecule has 1 aromatic heterocycles. The van der Waals surface area contributed by atoms with Crippen molar-refractivity contribution in [3.05, 3.63) is 48.2 Å². The van der Waals surface area contributed by atoms with Gasteiger partial charge in [0.05, 0.1) is 19.8 Å². The Morgan fingerprint density at radius 2 is 2.14 bits per heavy atom. The van der Waals surface area contributed by atoms with E-state index in [1.807, 2.05) is 30.5 Å². The molecule has 1 aliphatic rings. The van der Waals surface area contributed by atoms with Gasteiger partial charge >= 0.3 is 0 Å². The van der Waals surface area contributed by atoms with Crippen LogP contribution in [0.15, 0.2) is 42.6 Å². The molecule has 4 heteroatoms. The van der Waals surface area contributed by atoms with Crippen molar-refractivity contribution in [1.82, 2.24) is 10.3 Å². The first-order valence-electron chi connectivity index (χ1n) is 7.27. The van der Waals surface area contributed by atoms with E-state index in [1.165, 1.54) is 11.1 Å². The van der Waals surface area contributed by atoms with Crippen molar-refractivity contribution in [3.63, 3.8) is 0 Å². The summed E-state index contributed by atoms with van der Waals surface area (Å²) in [5.41, 5.74) is 3.44. The highest BCUT2D eigenvalue weighted by Gasteiger charge is 2.15. The number of benzene rings is 1. The summed E-state index contributed by atoms with van der Waals surface area (Å²) in [6.45, 7) is 2.63. The van der Waals surface area contributed by atoms with E-state index >= 15 is 0 Å². The Morgan fingerprint density at radius 1 is 1.24 bits per heavy atom. The number of hydrogen-bond donors (Lipinski definition) is 1. The van der Waals surface area contributed by atoms with Gasteiger partial charge in [0, 0.05) is 24.4 Å². The van der Waals surface area contributed by atoms with E-state index in [-0.39, 0.29) is 0 Å². The van der Waals surface area contributed by atoms with Gasteiger partial charge in [-0.1, -0.05) is 24.3 Å². The second kappa shape index (κ2) is 6.70. The largest absolute Gasteiger partial charge is 0.481 e. The van der Waals surface area contributed by atoms with Crippen LogP contribution >= 0.6 is 0 Å². The number of rotatable bonds is 5. The Bertz CT molecular complexity index is 578. The predicted octanol–water partition coefficient (Wildman–Crippen LogP) is 2.64. The highest BCUT2D eigenvalue weighted by molar-refractivity contribution is 5.66. The van der Waals surface area contributed by atoms with Gasteiger partial charge in [-0.05, 0) is 30.2 Å². The maximum absolute atomic E-state index is 5.99. The Labute approximate surface area is 125 Å². The maximum atomic E-state index is 5.99. The third kappa shape index (κ3) is 3.40. The van der Waals surface area contributed by atoms with E-state index < -0.39 is 0 Å². The fourth-order valence-corrected chi connectivity index (χ4v) is 2.57. The predicted molar refractivity (Wildman–Crippen MR) is 82.3 cm³/mol. The molecule has 1 saturated heterocycles. The van der Waals surface area contributed by atoms with Crippen molar-refractivity contribution in [3.8, 4) is 17.0 Å². The minimum absolute atomic E-state index is 0.326. The molecule has 1 unspecified atom stereocenters. The van der Waals surface area contributed by atoms with Crippen molar-refractivity contribution >= 4 is 0 Å². The molecule has 0 spiro atoms. The summed E-state index contributed by atoms with van der Waals surface area (Å²) in [4.78, 5) is 4.28. The highest BCUT2D eigenvalue weighted by atomic mass is 16.5. The van der Waals surface area contributed by atoms with E-state index in [1.54, 1.807) is 7.11 Å². The number of aromatic nitrogens is 1. The second-order valence-electron chi connectivity index (χ2n) is 5.17. The zero-order chi connectivity index (χ0) is 14.5. The van der Waals surface area contributed by atoms with Crippen LogP contribution in [-0.2, 0) is 11.3 Å². The molecular formula is C17H20N2O2. The lowest BCUT2D eigenvalue weighted by atomic mass is 10.0. The van der Waals surface area contributed by atoms with E-state index in [0.29, 0.717) is 18.6 Å². The molecule has 2 aromatic rings. The SMILES string of the molecule is COc1ccc(-c2ccccc2COC2CCNC2)cn1. The van der Waals surface area contributed by atoms with Crippen LogP contribution < -0.4 is 10.1 Å². The molecule has 1 aliphatic heterocycles. The molecule has 1 fully saturated rings. The van der Waals surface area contributed by atoms with Crippen molar-refractivity contribution < 1.29 is 9.47 Å². The molecule has 1 N–H and O–H groups in total. The smallest absolute Gasteiger partial charge is 0.212 e. The number of nitrogens with zero attached hydrogens (tertiary/aromatic N) is 1. The molecule has 3 rings (SSSR count). The fraction of sp³-hybridized carbons (Fsp3) is 0.353. The topological polar surface area (TPSA) is 43.4 Å². The van der Waals surface area contributed by atoms with E-state index in [0.717, 1.165) is 25.1 Å². The van der Waals surface area contributed by atoms with Gasteiger partial charge in [0.25, 0.3) is 0 Å². The minimum atomic E-state index is 0.326. The molecule has 4 nitrogen and oxygen atoms in total. The summed E-state index contributed by atoms with van der Waals surface area (Å²) in [5, 5.41) is 3.32. The lowest BCUT2D eigenvalue weighted by Gasteiger charge is -2.14. The Morgan fingerprint density at radius 3 is 2.86 bits per heavy atom. The molecule has 0 amide bonds. The van der Waals surface area contributed by atoms with Gasteiger partial charge in [0.2, 0.25) is 5.88 Å². The number of methoxy groups -OCH3 is 1. The van der Waals surface area contributed by atoms with Gasteiger partial charge in [-0.2, -0.15) is 0 Å². The molecular weight excluding hydrogens is 264 g/mol. The zero-order valence-corrected chi connectivity index (χ0v) is 12.2. The summed E-state index contributed by atoms with van der Waals surface area (Å²) in [6.07, 6.45) is 3.26. The van der Waals surface area contributed by atoms with E-state index in [4.69, 9.17) is 9.47 Å². The van der Waals surface area contributed by atoms with Crippen LogP contribution in [0.4, 0.5) is 0 Å². The van der Waals surface area contributed by atoms with Crippen molar-refractivity contribution in [2.45, 2.75) is 19.1 Å². The van der Waals surface area contributed by atoms with Crippen molar-refractivity contribution in [1.29, 1.82) is 0 Å². The van der Waals surface area contributed by atoms with Crippen LogP contribution in [0.2, 0.25) is 0 Å². The average Bonchev–Trinajstić information content (AvgIpc) is 3.07. The fourth-order valence-electron chi connectivity index (χ4n) is 2.57. The summed E-state index contributed by atoms with van der Waals surface area (Å²) < 4.78 is 11.1. The Kier molecular flexibility index (Phi) is 4.48. The molecule has 110 valence electrons. The van der Waals surface area contributed by atoms with Crippen LogP contribution in [0, 0.1) is 0 Å². The molecule has 0 radical (unpaired) electrons. The van der Waals surface area contributed by atoms with Gasteiger partial charge < -0.3 is 14.8 Å². The maximum Gasteiger partial charge on any atom is 0.212 e. The van der Waals surface area contributed by atoms with Crippen molar-refractivity contribution in [2.24, 2.45) is 0 Å². The average molecular weight is 284 g/mol. The number of nitrogens with one attached hydrogen (secondary N) is 1. The molecule has 0 saturated carbocycles. The molecule has 1 atom stereocenters. The first-order chi connectivity index (χ1) is 10.4. The van der Waals surface area contributed by atoms with Crippen LogP contribution in [0.1, 0.15) is 12.0 Å². The van der Waals surface area contributed by atoms with Gasteiger partial charge in [-0.3, -0.25) is 0 Å². The summed E-state index contributed by atoms with van der Waals surface area (Å²) in [5.74, 6) is 0.629. The first kappa shape index (κ1) is 14.0. The Balaban J connectivity index is 1.77. The molecule has 1 aromatic carbocycles. The lowest BCUT2D eigenvalue weighted by molar-refractivity contribution is 0.0545. The minimum Gasteiger partial charge on any atom is -0.481 e. The number of pyridine rings is 1. The normalized spacial score (nSPS) is 17.9. The zero-order valence-electron chi connectivity index (χ0n) is 12.2. The quantitative estimate of drug-likeness (QED) is 0.916. The van der Waals surface area contributed by atoms with Gasteiger partial charge in [-0.15, -0.1) is 0 Å². The summed E-state index contributed by atoms with van der Waals surface area (Å²) in [7, 11) is 1.62. The number of hydrogen-bond acceptors (Lipinski definition) is 4. The monoisotopic (exact) mass is 284 g/mol. The van der Waals surface area contributed by atoms with Gasteiger partial charge in [-0.25, -0.2) is 4.98 Å². The lowest BCUT2D eigenvalue weighted by Crippen LogP contribution is -2.16. The number of ether oxygens (including phenoxy) is 2. The summed E-state index contributed by atoms with van der Waals surface area (Å²) >= 11 is 0. The molecule has 2 heterocycles. The third-order valence-corrected chi connectivity index (χ3v) is 3.76. The standard InChI is InChI=1S/C17H20N2O2/c1-20-17-7-6-13(10-19-17)16-5-3-2-4-14(16)12-21-15-8-9-18-11-15/h2-7,10,15,18H,8-9,11-12H2,1H3. The van der Waals surface area contributed by atoms with Crippen LogP contribution in [0.3, 0.4) is 0 Å². The van der Waals surface area contributed by atoms with Crippen LogP contribution in [0.25, 0.3) is 11.1 Å².